The Hall–Kier alpha value is -2.96. The zero-order chi connectivity index (χ0) is 21.7. The smallest absolute Gasteiger partial charge is 0.253 e. The van der Waals surface area contributed by atoms with E-state index in [1.165, 1.54) is 4.90 Å². The first-order chi connectivity index (χ1) is 14.3. The van der Waals surface area contributed by atoms with Crippen LogP contribution in [-0.4, -0.2) is 42.8 Å². The minimum absolute atomic E-state index is 0.0297. The highest BCUT2D eigenvalue weighted by atomic mass is 19.3. The SMILES string of the molecule is COc1cccc(CCC(=O)Nc2cc(C(=O)N3CCC(F)(F)CC3)ccc2C)c1. The Morgan fingerprint density at radius 1 is 1.13 bits per heavy atom. The number of likely N-dealkylation sites (tertiary alicyclic amines) is 1. The molecule has 0 bridgehead atoms. The number of alkyl halides is 2. The number of carbonyl (C=O) groups excluding carboxylic acids is 2. The molecule has 1 aliphatic rings. The van der Waals surface area contributed by atoms with Gasteiger partial charge in [0.2, 0.25) is 5.91 Å². The zero-order valence-corrected chi connectivity index (χ0v) is 17.2. The van der Waals surface area contributed by atoms with Gasteiger partial charge in [0, 0.05) is 43.6 Å². The molecule has 1 saturated heterocycles. The number of carbonyl (C=O) groups is 2. The van der Waals surface area contributed by atoms with Gasteiger partial charge in [-0.25, -0.2) is 8.78 Å². The van der Waals surface area contributed by atoms with E-state index >= 15 is 0 Å². The van der Waals surface area contributed by atoms with Gasteiger partial charge in [0.25, 0.3) is 11.8 Å². The number of nitrogens with one attached hydrogen (secondary N) is 1. The monoisotopic (exact) mass is 416 g/mol. The van der Waals surface area contributed by atoms with Crippen molar-refractivity contribution in [2.45, 2.75) is 38.5 Å². The molecule has 2 amide bonds. The summed E-state index contributed by atoms with van der Waals surface area (Å²) in [5.41, 5.74) is 2.76. The largest absolute Gasteiger partial charge is 0.497 e. The number of rotatable bonds is 6. The van der Waals surface area contributed by atoms with Gasteiger partial charge in [-0.1, -0.05) is 18.2 Å². The summed E-state index contributed by atoms with van der Waals surface area (Å²) in [6.07, 6.45) is 0.200. The van der Waals surface area contributed by atoms with E-state index in [1.807, 2.05) is 31.2 Å². The summed E-state index contributed by atoms with van der Waals surface area (Å²) in [6, 6.07) is 12.6. The second kappa shape index (κ2) is 9.24. The number of benzene rings is 2. The number of hydrogen-bond donors (Lipinski definition) is 1. The molecule has 1 heterocycles. The molecule has 2 aromatic carbocycles. The average Bonchev–Trinajstić information content (AvgIpc) is 2.73. The number of methoxy groups -OCH3 is 1. The van der Waals surface area contributed by atoms with E-state index in [0.29, 0.717) is 17.7 Å². The molecule has 160 valence electrons. The Balaban J connectivity index is 1.62. The van der Waals surface area contributed by atoms with Crippen molar-refractivity contribution in [3.05, 3.63) is 59.2 Å². The normalized spacial score (nSPS) is 15.5. The third-order valence-corrected chi connectivity index (χ3v) is 5.32. The fourth-order valence-electron chi connectivity index (χ4n) is 3.41. The van der Waals surface area contributed by atoms with Crippen LogP contribution in [0.1, 0.15) is 40.7 Å². The minimum Gasteiger partial charge on any atom is -0.497 e. The lowest BCUT2D eigenvalue weighted by molar-refractivity contribution is -0.116. The Morgan fingerprint density at radius 3 is 2.57 bits per heavy atom. The van der Waals surface area contributed by atoms with Crippen molar-refractivity contribution in [1.82, 2.24) is 4.90 Å². The maximum atomic E-state index is 13.3. The van der Waals surface area contributed by atoms with Gasteiger partial charge in [0.15, 0.2) is 0 Å². The molecule has 0 unspecified atom stereocenters. The second-order valence-corrected chi connectivity index (χ2v) is 7.58. The lowest BCUT2D eigenvalue weighted by atomic mass is 10.0. The van der Waals surface area contributed by atoms with Crippen molar-refractivity contribution in [2.24, 2.45) is 0 Å². The van der Waals surface area contributed by atoms with E-state index in [9.17, 15) is 18.4 Å². The van der Waals surface area contributed by atoms with Crippen LogP contribution in [0.25, 0.3) is 0 Å². The molecule has 0 aromatic heterocycles. The molecule has 0 spiro atoms. The maximum Gasteiger partial charge on any atom is 0.253 e. The maximum absolute atomic E-state index is 13.3. The third-order valence-electron chi connectivity index (χ3n) is 5.32. The van der Waals surface area contributed by atoms with E-state index < -0.39 is 5.92 Å². The number of hydrogen-bond acceptors (Lipinski definition) is 3. The summed E-state index contributed by atoms with van der Waals surface area (Å²) in [4.78, 5) is 26.6. The highest BCUT2D eigenvalue weighted by Gasteiger charge is 2.35. The van der Waals surface area contributed by atoms with E-state index in [4.69, 9.17) is 4.74 Å². The topological polar surface area (TPSA) is 58.6 Å². The first-order valence-electron chi connectivity index (χ1n) is 9.98. The lowest BCUT2D eigenvalue weighted by Gasteiger charge is -2.31. The number of nitrogens with zero attached hydrogens (tertiary/aromatic N) is 1. The van der Waals surface area contributed by atoms with Crippen LogP contribution in [0.15, 0.2) is 42.5 Å². The van der Waals surface area contributed by atoms with Gasteiger partial charge in [0.05, 0.1) is 7.11 Å². The van der Waals surface area contributed by atoms with Gasteiger partial charge < -0.3 is 15.0 Å². The van der Waals surface area contributed by atoms with Gasteiger partial charge in [-0.05, 0) is 48.7 Å². The van der Waals surface area contributed by atoms with E-state index in [-0.39, 0.29) is 44.2 Å². The first-order valence-corrected chi connectivity index (χ1v) is 9.98. The Bertz CT molecular complexity index is 920. The molecule has 1 N–H and O–H groups in total. The number of aryl methyl sites for hydroxylation is 2. The van der Waals surface area contributed by atoms with Gasteiger partial charge in [-0.15, -0.1) is 0 Å². The molecular formula is C23H26F2N2O3. The van der Waals surface area contributed by atoms with Gasteiger partial charge in [-0.2, -0.15) is 0 Å². The van der Waals surface area contributed by atoms with Crippen molar-refractivity contribution in [3.63, 3.8) is 0 Å². The van der Waals surface area contributed by atoms with Crippen molar-refractivity contribution in [2.75, 3.05) is 25.5 Å². The molecule has 1 fully saturated rings. The number of piperidine rings is 1. The van der Waals surface area contributed by atoms with Crippen LogP contribution in [0.4, 0.5) is 14.5 Å². The quantitative estimate of drug-likeness (QED) is 0.757. The first kappa shape index (κ1) is 21.7. The van der Waals surface area contributed by atoms with Crippen molar-refractivity contribution in [3.8, 4) is 5.75 Å². The highest BCUT2D eigenvalue weighted by molar-refractivity contribution is 5.97. The van der Waals surface area contributed by atoms with Crippen LogP contribution in [0.2, 0.25) is 0 Å². The Morgan fingerprint density at radius 2 is 1.87 bits per heavy atom. The Kier molecular flexibility index (Phi) is 6.70. The van der Waals surface area contributed by atoms with Crippen LogP contribution in [0.3, 0.4) is 0 Å². The molecule has 7 heteroatoms. The fraction of sp³-hybridized carbons (Fsp3) is 0.391. The number of amides is 2. The average molecular weight is 416 g/mol. The number of anilines is 1. The summed E-state index contributed by atoms with van der Waals surface area (Å²) in [6.45, 7) is 1.90. The molecule has 0 aliphatic carbocycles. The lowest BCUT2D eigenvalue weighted by Crippen LogP contribution is -2.42. The van der Waals surface area contributed by atoms with Crippen LogP contribution in [0.5, 0.6) is 5.75 Å². The number of halogens is 2. The van der Waals surface area contributed by atoms with Gasteiger partial charge in [0.1, 0.15) is 5.75 Å². The van der Waals surface area contributed by atoms with Gasteiger partial charge >= 0.3 is 0 Å². The predicted molar refractivity (Wildman–Crippen MR) is 111 cm³/mol. The summed E-state index contributed by atoms with van der Waals surface area (Å²) < 4.78 is 31.9. The molecule has 0 atom stereocenters. The van der Waals surface area contributed by atoms with Crippen molar-refractivity contribution in [1.29, 1.82) is 0 Å². The van der Waals surface area contributed by atoms with Crippen molar-refractivity contribution >= 4 is 17.5 Å². The van der Waals surface area contributed by atoms with E-state index in [1.54, 1.807) is 25.3 Å². The third kappa shape index (κ3) is 5.55. The standard InChI is InChI=1S/C23H26F2N2O3/c1-16-6-8-18(22(29)27-12-10-23(24,25)11-13-27)15-20(16)26-21(28)9-7-17-4-3-5-19(14-17)30-2/h3-6,8,14-15H,7,9-13H2,1-2H3,(H,26,28). The van der Waals surface area contributed by atoms with E-state index in [0.717, 1.165) is 16.9 Å². The van der Waals surface area contributed by atoms with Crippen LogP contribution < -0.4 is 10.1 Å². The van der Waals surface area contributed by atoms with Crippen LogP contribution >= 0.6 is 0 Å². The summed E-state index contributed by atoms with van der Waals surface area (Å²) in [7, 11) is 1.60. The molecule has 30 heavy (non-hydrogen) atoms. The van der Waals surface area contributed by atoms with Crippen LogP contribution in [0, 0.1) is 6.92 Å². The molecule has 0 saturated carbocycles. The molecule has 2 aromatic rings. The molecule has 3 rings (SSSR count). The number of ether oxygens (including phenoxy) is 1. The summed E-state index contributed by atoms with van der Waals surface area (Å²) >= 11 is 0. The molecular weight excluding hydrogens is 390 g/mol. The minimum atomic E-state index is -2.70. The zero-order valence-electron chi connectivity index (χ0n) is 17.2. The van der Waals surface area contributed by atoms with Crippen LogP contribution in [-0.2, 0) is 11.2 Å². The molecule has 5 nitrogen and oxygen atoms in total. The fourth-order valence-corrected chi connectivity index (χ4v) is 3.41. The second-order valence-electron chi connectivity index (χ2n) is 7.58. The molecule has 0 radical (unpaired) electrons. The predicted octanol–water partition coefficient (Wildman–Crippen LogP) is 4.45. The highest BCUT2D eigenvalue weighted by Crippen LogP contribution is 2.29. The van der Waals surface area contributed by atoms with Gasteiger partial charge in [-0.3, -0.25) is 9.59 Å². The van der Waals surface area contributed by atoms with E-state index in [2.05, 4.69) is 5.32 Å². The van der Waals surface area contributed by atoms with Crippen molar-refractivity contribution < 1.29 is 23.1 Å². The Labute approximate surface area is 175 Å². The summed E-state index contributed by atoms with van der Waals surface area (Å²) in [5, 5.41) is 2.86. The summed E-state index contributed by atoms with van der Waals surface area (Å²) in [5.74, 6) is -2.42. The molecule has 1 aliphatic heterocycles.